The number of hydrogen-bond acceptors (Lipinski definition) is 6. The zero-order chi connectivity index (χ0) is 39.4. The number of carbonyl (C=O) groups excluding carboxylic acids is 3. The van der Waals surface area contributed by atoms with Crippen molar-refractivity contribution in [3.8, 4) is 0 Å². The summed E-state index contributed by atoms with van der Waals surface area (Å²) in [7, 11) is 0. The average Bonchev–Trinajstić information content (AvgIpc) is 3.17. The van der Waals surface area contributed by atoms with Crippen molar-refractivity contribution in [2.45, 2.75) is 226 Å². The van der Waals surface area contributed by atoms with Gasteiger partial charge in [0, 0.05) is 19.3 Å². The highest BCUT2D eigenvalue weighted by Gasteiger charge is 2.19. The number of ether oxygens (including phenoxy) is 3. The van der Waals surface area contributed by atoms with Crippen molar-refractivity contribution in [2.24, 2.45) is 0 Å². The Morgan fingerprint density at radius 2 is 0.722 bits per heavy atom. The second-order valence-electron chi connectivity index (χ2n) is 14.9. The van der Waals surface area contributed by atoms with E-state index in [1.54, 1.807) is 0 Å². The van der Waals surface area contributed by atoms with Crippen molar-refractivity contribution >= 4 is 17.9 Å². The molecular weight excluding hydrogens is 673 g/mol. The Bertz CT molecular complexity index is 964. The number of unbranched alkanes of at least 4 members (excludes halogenated alkanes) is 21. The lowest BCUT2D eigenvalue weighted by Gasteiger charge is -2.18. The molecule has 0 fully saturated rings. The molecule has 0 saturated carbocycles. The summed E-state index contributed by atoms with van der Waals surface area (Å²) in [4.78, 5) is 37.6. The van der Waals surface area contributed by atoms with Crippen molar-refractivity contribution in [3.05, 3.63) is 48.6 Å². The van der Waals surface area contributed by atoms with Crippen LogP contribution in [0, 0.1) is 0 Å². The molecule has 54 heavy (non-hydrogen) atoms. The Morgan fingerprint density at radius 1 is 0.389 bits per heavy atom. The summed E-state index contributed by atoms with van der Waals surface area (Å²) in [6.45, 7) is 6.46. The molecule has 0 saturated heterocycles. The topological polar surface area (TPSA) is 78.9 Å². The first-order chi connectivity index (χ1) is 26.5. The van der Waals surface area contributed by atoms with Crippen LogP contribution >= 0.6 is 0 Å². The molecule has 0 aliphatic heterocycles. The Labute approximate surface area is 333 Å². The Balaban J connectivity index is 4.35. The molecule has 0 heterocycles. The van der Waals surface area contributed by atoms with Crippen molar-refractivity contribution < 1.29 is 28.6 Å². The van der Waals surface area contributed by atoms with Gasteiger partial charge in [-0.3, -0.25) is 14.4 Å². The van der Waals surface area contributed by atoms with E-state index < -0.39 is 6.10 Å². The van der Waals surface area contributed by atoms with Gasteiger partial charge in [-0.15, -0.1) is 0 Å². The zero-order valence-electron chi connectivity index (χ0n) is 35.5. The van der Waals surface area contributed by atoms with Gasteiger partial charge in [0.05, 0.1) is 0 Å². The molecule has 0 aromatic rings. The highest BCUT2D eigenvalue weighted by atomic mass is 16.6. The Kier molecular flexibility index (Phi) is 41.0. The van der Waals surface area contributed by atoms with Gasteiger partial charge >= 0.3 is 17.9 Å². The molecule has 0 aromatic carbocycles. The van der Waals surface area contributed by atoms with E-state index in [9.17, 15) is 14.4 Å². The summed E-state index contributed by atoms with van der Waals surface area (Å²) < 4.78 is 16.6. The van der Waals surface area contributed by atoms with Crippen LogP contribution in [0.25, 0.3) is 0 Å². The van der Waals surface area contributed by atoms with Crippen molar-refractivity contribution in [2.75, 3.05) is 13.2 Å². The van der Waals surface area contributed by atoms with E-state index in [0.717, 1.165) is 96.3 Å². The van der Waals surface area contributed by atoms with Crippen LogP contribution in [0.2, 0.25) is 0 Å². The molecule has 0 bridgehead atoms. The van der Waals surface area contributed by atoms with Crippen LogP contribution in [0.4, 0.5) is 0 Å². The summed E-state index contributed by atoms with van der Waals surface area (Å²) in [5.74, 6) is -0.908. The minimum absolute atomic E-state index is 0.0789. The summed E-state index contributed by atoms with van der Waals surface area (Å²) in [5, 5.41) is 0. The highest BCUT2D eigenvalue weighted by molar-refractivity contribution is 5.71. The van der Waals surface area contributed by atoms with Crippen molar-refractivity contribution in [1.29, 1.82) is 0 Å². The molecule has 6 heteroatoms. The van der Waals surface area contributed by atoms with E-state index in [1.807, 2.05) is 0 Å². The summed E-state index contributed by atoms with van der Waals surface area (Å²) in [6.07, 6.45) is 49.5. The van der Waals surface area contributed by atoms with Gasteiger partial charge in [0.25, 0.3) is 0 Å². The van der Waals surface area contributed by atoms with Gasteiger partial charge in [0.2, 0.25) is 0 Å². The van der Waals surface area contributed by atoms with Gasteiger partial charge in [-0.2, -0.15) is 0 Å². The molecule has 0 N–H and O–H groups in total. The number of carbonyl (C=O) groups is 3. The molecule has 0 rings (SSSR count). The molecule has 312 valence electrons. The van der Waals surface area contributed by atoms with Crippen LogP contribution in [-0.4, -0.2) is 37.2 Å². The number of allylic oxidation sites excluding steroid dienone is 8. The molecule has 0 aromatic heterocycles. The lowest BCUT2D eigenvalue weighted by atomic mass is 10.1. The van der Waals surface area contributed by atoms with Crippen molar-refractivity contribution in [3.63, 3.8) is 0 Å². The first kappa shape index (κ1) is 51.4. The van der Waals surface area contributed by atoms with Gasteiger partial charge in [-0.05, 0) is 57.8 Å². The predicted octanol–water partition coefficient (Wildman–Crippen LogP) is 14.4. The Morgan fingerprint density at radius 3 is 1.13 bits per heavy atom. The van der Waals surface area contributed by atoms with Crippen LogP contribution in [0.15, 0.2) is 48.6 Å². The van der Waals surface area contributed by atoms with Gasteiger partial charge < -0.3 is 14.2 Å². The van der Waals surface area contributed by atoms with E-state index in [0.29, 0.717) is 19.3 Å². The standard InChI is InChI=1S/C48H84O6/c1-4-7-10-13-16-19-21-22-23-24-25-26-28-29-32-35-38-41-47(50)53-44-45(43-52-46(49)40-37-34-31-18-15-12-9-6-3)54-48(51)42-39-36-33-30-27-20-17-14-11-8-5-2/h7,10,16,19,22-23,25-26,45H,4-6,8-9,11-15,17-18,20-21,24,27-44H2,1-3H3/b10-7-,19-16-,23-22-,26-25-. The Hall–Kier alpha value is -2.63. The second kappa shape index (κ2) is 43.1. The lowest BCUT2D eigenvalue weighted by molar-refractivity contribution is -0.167. The van der Waals surface area contributed by atoms with Gasteiger partial charge in [-0.25, -0.2) is 0 Å². The van der Waals surface area contributed by atoms with Gasteiger partial charge in [0.1, 0.15) is 13.2 Å². The molecule has 6 nitrogen and oxygen atoms in total. The monoisotopic (exact) mass is 757 g/mol. The average molecular weight is 757 g/mol. The summed E-state index contributed by atoms with van der Waals surface area (Å²) in [5.41, 5.74) is 0. The summed E-state index contributed by atoms with van der Waals surface area (Å²) >= 11 is 0. The number of esters is 3. The van der Waals surface area contributed by atoms with Gasteiger partial charge in [0.15, 0.2) is 6.10 Å². The van der Waals surface area contributed by atoms with Crippen LogP contribution in [0.1, 0.15) is 220 Å². The van der Waals surface area contributed by atoms with Crippen LogP contribution in [-0.2, 0) is 28.6 Å². The second-order valence-corrected chi connectivity index (χ2v) is 14.9. The smallest absolute Gasteiger partial charge is 0.306 e. The third-order valence-corrected chi connectivity index (χ3v) is 9.60. The van der Waals surface area contributed by atoms with E-state index >= 15 is 0 Å². The maximum Gasteiger partial charge on any atom is 0.306 e. The maximum atomic E-state index is 12.7. The molecule has 1 atom stereocenters. The quantitative estimate of drug-likeness (QED) is 0.0268. The van der Waals surface area contributed by atoms with E-state index in [4.69, 9.17) is 14.2 Å². The fraction of sp³-hybridized carbons (Fsp3) is 0.771. The molecular formula is C48H84O6. The fourth-order valence-electron chi connectivity index (χ4n) is 6.20. The summed E-state index contributed by atoms with van der Waals surface area (Å²) in [6, 6.07) is 0. The lowest BCUT2D eigenvalue weighted by Crippen LogP contribution is -2.30. The van der Waals surface area contributed by atoms with Crippen LogP contribution in [0.3, 0.4) is 0 Å². The minimum Gasteiger partial charge on any atom is -0.462 e. The number of rotatable bonds is 40. The minimum atomic E-state index is -0.775. The predicted molar refractivity (Wildman–Crippen MR) is 229 cm³/mol. The third kappa shape index (κ3) is 40.6. The van der Waals surface area contributed by atoms with E-state index in [-0.39, 0.29) is 31.1 Å². The number of hydrogen-bond donors (Lipinski definition) is 0. The normalized spacial score (nSPS) is 12.4. The SMILES string of the molecule is CC/C=C\C/C=C\C/C=C\C/C=C\CCCCCCC(=O)OCC(COC(=O)CCCCCCCCCC)OC(=O)CCCCCCCCCCCCC. The first-order valence-electron chi connectivity index (χ1n) is 22.6. The largest absolute Gasteiger partial charge is 0.462 e. The van der Waals surface area contributed by atoms with Crippen LogP contribution < -0.4 is 0 Å². The molecule has 1 unspecified atom stereocenters. The third-order valence-electron chi connectivity index (χ3n) is 9.60. The molecule has 0 spiro atoms. The van der Waals surface area contributed by atoms with Crippen LogP contribution in [0.5, 0.6) is 0 Å². The fourth-order valence-corrected chi connectivity index (χ4v) is 6.20. The zero-order valence-corrected chi connectivity index (χ0v) is 35.5. The maximum absolute atomic E-state index is 12.7. The molecule has 0 aliphatic carbocycles. The molecule has 0 amide bonds. The van der Waals surface area contributed by atoms with E-state index in [1.165, 1.54) is 83.5 Å². The van der Waals surface area contributed by atoms with Gasteiger partial charge in [-0.1, -0.05) is 191 Å². The van der Waals surface area contributed by atoms with E-state index in [2.05, 4.69) is 69.4 Å². The highest BCUT2D eigenvalue weighted by Crippen LogP contribution is 2.14. The molecule has 0 aliphatic rings. The molecule has 0 radical (unpaired) electrons. The van der Waals surface area contributed by atoms with Crippen molar-refractivity contribution in [1.82, 2.24) is 0 Å². The first-order valence-corrected chi connectivity index (χ1v) is 22.6.